The molecule has 0 amide bonds. The highest BCUT2D eigenvalue weighted by Crippen LogP contribution is 2.19. The second kappa shape index (κ2) is 6.98. The number of aryl methyl sites for hydroxylation is 1. The molecule has 1 atom stereocenters. The van der Waals surface area contributed by atoms with E-state index in [1.54, 1.807) is 31.2 Å². The summed E-state index contributed by atoms with van der Waals surface area (Å²) in [4.78, 5) is 4.20. The van der Waals surface area contributed by atoms with Crippen LogP contribution < -0.4 is 5.32 Å². The molecule has 1 unspecified atom stereocenters. The van der Waals surface area contributed by atoms with E-state index in [4.69, 9.17) is 0 Å². The maximum absolute atomic E-state index is 10.3. The molecule has 1 aromatic heterocycles. The predicted molar refractivity (Wildman–Crippen MR) is 89.5 cm³/mol. The number of rotatable bonds is 6. The zero-order valence-corrected chi connectivity index (χ0v) is 13.7. The second-order valence-electron chi connectivity index (χ2n) is 6.46. The predicted octanol–water partition coefficient (Wildman–Crippen LogP) is 2.45. The fourth-order valence-electron chi connectivity index (χ4n) is 2.42. The monoisotopic (exact) mass is 316 g/mol. The molecule has 0 spiro atoms. The molecule has 5 nitrogen and oxygen atoms in total. The average Bonchev–Trinajstić information content (AvgIpc) is 2.50. The Morgan fingerprint density at radius 3 is 2.35 bits per heavy atom. The van der Waals surface area contributed by atoms with Gasteiger partial charge in [-0.25, -0.2) is 0 Å². The third-order valence-corrected chi connectivity index (χ3v) is 3.78. The lowest BCUT2D eigenvalue weighted by atomic mass is 9.94. The van der Waals surface area contributed by atoms with E-state index in [2.05, 4.69) is 24.1 Å². The van der Waals surface area contributed by atoms with Crippen LogP contribution in [-0.2, 0) is 6.42 Å². The minimum atomic E-state index is -0.742. The van der Waals surface area contributed by atoms with Gasteiger partial charge in [0, 0.05) is 12.1 Å². The van der Waals surface area contributed by atoms with E-state index in [1.807, 2.05) is 12.1 Å². The van der Waals surface area contributed by atoms with Crippen LogP contribution in [0.3, 0.4) is 0 Å². The van der Waals surface area contributed by atoms with Gasteiger partial charge in [-0.2, -0.15) is 0 Å². The summed E-state index contributed by atoms with van der Waals surface area (Å²) in [6.45, 7) is 6.18. The van der Waals surface area contributed by atoms with Gasteiger partial charge in [0.15, 0.2) is 0 Å². The van der Waals surface area contributed by atoms with E-state index >= 15 is 0 Å². The zero-order chi connectivity index (χ0) is 17.0. The quantitative estimate of drug-likeness (QED) is 0.658. The van der Waals surface area contributed by atoms with Gasteiger partial charge in [0.1, 0.15) is 17.6 Å². The highest BCUT2D eigenvalue weighted by molar-refractivity contribution is 5.28. The molecule has 0 saturated heterocycles. The Balaban J connectivity index is 1.94. The number of phenolic OH excluding ortho intramolecular Hbond substituents is 1. The largest absolute Gasteiger partial charge is 0.508 e. The molecule has 4 N–H and O–H groups in total. The second-order valence-corrected chi connectivity index (χ2v) is 6.46. The van der Waals surface area contributed by atoms with Crippen LogP contribution in [0, 0.1) is 6.92 Å². The first-order valence-electron chi connectivity index (χ1n) is 7.64. The topological polar surface area (TPSA) is 85.6 Å². The molecule has 2 aromatic rings. The van der Waals surface area contributed by atoms with E-state index in [-0.39, 0.29) is 17.0 Å². The number of hydrogen-bond acceptors (Lipinski definition) is 5. The van der Waals surface area contributed by atoms with Gasteiger partial charge in [-0.1, -0.05) is 12.1 Å². The van der Waals surface area contributed by atoms with E-state index in [0.29, 0.717) is 17.9 Å². The first kappa shape index (κ1) is 17.2. The van der Waals surface area contributed by atoms with Crippen molar-refractivity contribution in [3.05, 3.63) is 53.3 Å². The van der Waals surface area contributed by atoms with Crippen molar-refractivity contribution >= 4 is 0 Å². The lowest BCUT2D eigenvalue weighted by Gasteiger charge is -2.28. The summed E-state index contributed by atoms with van der Waals surface area (Å²) in [6.07, 6.45) is 0.0237. The number of hydrogen-bond donors (Lipinski definition) is 4. The van der Waals surface area contributed by atoms with Crippen molar-refractivity contribution < 1.29 is 15.3 Å². The van der Waals surface area contributed by atoms with Gasteiger partial charge in [-0.05, 0) is 57.0 Å². The molecule has 5 heteroatoms. The van der Waals surface area contributed by atoms with Crippen LogP contribution in [0.2, 0.25) is 0 Å². The molecule has 1 aromatic carbocycles. The van der Waals surface area contributed by atoms with Crippen molar-refractivity contribution in [3.8, 4) is 11.5 Å². The molecule has 0 aliphatic heterocycles. The van der Waals surface area contributed by atoms with Gasteiger partial charge < -0.3 is 20.6 Å². The Kier molecular flexibility index (Phi) is 5.23. The Bertz CT molecular complexity index is 654. The number of pyridine rings is 1. The molecule has 2 rings (SSSR count). The molecule has 0 aliphatic rings. The Morgan fingerprint density at radius 1 is 1.09 bits per heavy atom. The summed E-state index contributed by atoms with van der Waals surface area (Å²) in [5.41, 5.74) is 1.93. The van der Waals surface area contributed by atoms with Gasteiger partial charge in [0.05, 0.1) is 11.4 Å². The number of phenols is 1. The minimum absolute atomic E-state index is 0.126. The maximum Gasteiger partial charge on any atom is 0.136 e. The molecular formula is C18H24N2O3. The third-order valence-electron chi connectivity index (χ3n) is 3.78. The molecule has 0 radical (unpaired) electrons. The van der Waals surface area contributed by atoms with Crippen LogP contribution >= 0.6 is 0 Å². The Labute approximate surface area is 136 Å². The first-order chi connectivity index (χ1) is 10.8. The highest BCUT2D eigenvalue weighted by atomic mass is 16.3. The molecule has 0 aliphatic carbocycles. The van der Waals surface area contributed by atoms with Crippen LogP contribution in [0.4, 0.5) is 0 Å². The summed E-state index contributed by atoms with van der Waals surface area (Å²) in [5.74, 6) is 0.380. The van der Waals surface area contributed by atoms with Crippen molar-refractivity contribution in [1.29, 1.82) is 0 Å². The molecule has 0 saturated carbocycles. The number of nitrogens with one attached hydrogen (secondary N) is 1. The average molecular weight is 316 g/mol. The van der Waals surface area contributed by atoms with Gasteiger partial charge in [-0.15, -0.1) is 0 Å². The van der Waals surface area contributed by atoms with Crippen LogP contribution in [0.5, 0.6) is 11.5 Å². The standard InChI is InChI=1S/C18H24N2O3/c1-12-16(22)9-8-15(20-12)17(23)11-19-18(2,3)10-13-4-6-14(21)7-5-13/h4-9,17,19,21-23H,10-11H2,1-3H3. The first-order valence-corrected chi connectivity index (χ1v) is 7.64. The van der Waals surface area contributed by atoms with Crippen molar-refractivity contribution in [1.82, 2.24) is 10.3 Å². The summed E-state index contributed by atoms with van der Waals surface area (Å²) >= 11 is 0. The number of nitrogens with zero attached hydrogens (tertiary/aromatic N) is 1. The molecule has 0 fully saturated rings. The fraction of sp³-hybridized carbons (Fsp3) is 0.389. The van der Waals surface area contributed by atoms with Crippen LogP contribution in [0.25, 0.3) is 0 Å². The van der Waals surface area contributed by atoms with Crippen LogP contribution in [0.1, 0.15) is 36.9 Å². The lowest BCUT2D eigenvalue weighted by molar-refractivity contribution is 0.156. The van der Waals surface area contributed by atoms with E-state index in [1.165, 1.54) is 0 Å². The summed E-state index contributed by atoms with van der Waals surface area (Å²) in [6, 6.07) is 10.3. The van der Waals surface area contributed by atoms with Gasteiger partial charge in [-0.3, -0.25) is 4.98 Å². The highest BCUT2D eigenvalue weighted by Gasteiger charge is 2.20. The van der Waals surface area contributed by atoms with Crippen molar-refractivity contribution in [2.75, 3.05) is 6.54 Å². The maximum atomic E-state index is 10.3. The minimum Gasteiger partial charge on any atom is -0.508 e. The number of aliphatic hydroxyl groups excluding tert-OH is 1. The number of aromatic nitrogens is 1. The molecule has 0 bridgehead atoms. The molecule has 1 heterocycles. The number of benzene rings is 1. The van der Waals surface area contributed by atoms with Gasteiger partial charge in [0.25, 0.3) is 0 Å². The van der Waals surface area contributed by atoms with Crippen LogP contribution in [-0.4, -0.2) is 32.4 Å². The Hall–Kier alpha value is -2.11. The SMILES string of the molecule is Cc1nc(C(O)CNC(C)(C)Cc2ccc(O)cc2)ccc1O. The molecule has 124 valence electrons. The van der Waals surface area contributed by atoms with Crippen LogP contribution in [0.15, 0.2) is 36.4 Å². The van der Waals surface area contributed by atoms with Gasteiger partial charge >= 0.3 is 0 Å². The number of aliphatic hydroxyl groups is 1. The van der Waals surface area contributed by atoms with E-state index in [9.17, 15) is 15.3 Å². The molecular weight excluding hydrogens is 292 g/mol. The summed E-state index contributed by atoms with van der Waals surface area (Å²) in [5, 5.41) is 32.4. The number of β-amino-alcohol motifs (C(OH)–C–C–N with tert-alkyl or cyclic N) is 1. The van der Waals surface area contributed by atoms with Crippen molar-refractivity contribution in [2.24, 2.45) is 0 Å². The van der Waals surface area contributed by atoms with E-state index in [0.717, 1.165) is 12.0 Å². The third kappa shape index (κ3) is 4.94. The number of aromatic hydroxyl groups is 2. The lowest BCUT2D eigenvalue weighted by Crippen LogP contribution is -2.43. The fourth-order valence-corrected chi connectivity index (χ4v) is 2.42. The van der Waals surface area contributed by atoms with E-state index < -0.39 is 6.10 Å². The van der Waals surface area contributed by atoms with Gasteiger partial charge in [0.2, 0.25) is 0 Å². The smallest absolute Gasteiger partial charge is 0.136 e. The van der Waals surface area contributed by atoms with Crippen molar-refractivity contribution in [2.45, 2.75) is 38.8 Å². The summed E-state index contributed by atoms with van der Waals surface area (Å²) in [7, 11) is 0. The zero-order valence-electron chi connectivity index (χ0n) is 13.7. The Morgan fingerprint density at radius 2 is 1.74 bits per heavy atom. The summed E-state index contributed by atoms with van der Waals surface area (Å²) < 4.78 is 0. The van der Waals surface area contributed by atoms with Crippen molar-refractivity contribution in [3.63, 3.8) is 0 Å². The normalized spacial score (nSPS) is 13.0. The molecule has 23 heavy (non-hydrogen) atoms.